The molecule has 99 heavy (non-hydrogen) atoms. The first-order valence-corrected chi connectivity index (χ1v) is 32.7. The molecule has 3 saturated heterocycles. The summed E-state index contributed by atoms with van der Waals surface area (Å²) in [6.07, 6.45) is 15.8. The number of aromatic nitrogens is 12. The van der Waals surface area contributed by atoms with Crippen molar-refractivity contribution in [2.45, 2.75) is 12.8 Å². The summed E-state index contributed by atoms with van der Waals surface area (Å²) in [5.74, 6) is 8.95. The van der Waals surface area contributed by atoms with E-state index in [-0.39, 0.29) is 0 Å². The number of hydrogen-bond acceptors (Lipinski definition) is 25. The van der Waals surface area contributed by atoms with Crippen molar-refractivity contribution in [3.05, 3.63) is 206 Å². The molecule has 1 N–H and O–H groups in total. The van der Waals surface area contributed by atoms with E-state index < -0.39 is 0 Å². The van der Waals surface area contributed by atoms with Gasteiger partial charge in [-0.3, -0.25) is 0 Å². The first-order valence-electron chi connectivity index (χ1n) is 32.7. The van der Waals surface area contributed by atoms with Crippen LogP contribution in [0, 0.1) is 0 Å². The van der Waals surface area contributed by atoms with Crippen molar-refractivity contribution in [3.63, 3.8) is 0 Å². The molecule has 0 saturated carbocycles. The molecule has 0 amide bonds. The lowest BCUT2D eigenvalue weighted by atomic mass is 10.1. The number of ether oxygens (including phenoxy) is 6. The van der Waals surface area contributed by atoms with Crippen LogP contribution in [0.25, 0.3) is 32.7 Å². The van der Waals surface area contributed by atoms with Gasteiger partial charge in [0.1, 0.15) is 36.4 Å². The van der Waals surface area contributed by atoms with Crippen LogP contribution in [-0.4, -0.2) is 181 Å². The summed E-state index contributed by atoms with van der Waals surface area (Å²) < 4.78 is 32.7. The topological polar surface area (TPSA) is 242 Å². The average Bonchev–Trinajstić information content (AvgIpc) is 0.814. The molecule has 0 spiro atoms. The summed E-state index contributed by atoms with van der Waals surface area (Å²) >= 11 is 0. The molecule has 504 valence electrons. The smallest absolute Gasteiger partial charge is 0.225 e. The van der Waals surface area contributed by atoms with Gasteiger partial charge in [-0.15, -0.1) is 0 Å². The van der Waals surface area contributed by atoms with Crippen LogP contribution in [0.2, 0.25) is 0 Å². The number of benzene rings is 6. The Morgan fingerprint density at radius 1 is 0.313 bits per heavy atom. The number of para-hydroxylation sites is 1. The molecule has 6 aromatic carbocycles. The third-order valence-corrected chi connectivity index (χ3v) is 17.5. The first kappa shape index (κ1) is 65.6. The van der Waals surface area contributed by atoms with Gasteiger partial charge >= 0.3 is 0 Å². The second-order valence-corrected chi connectivity index (χ2v) is 23.5. The highest BCUT2D eigenvalue weighted by Gasteiger charge is 2.27. The number of anilines is 8. The number of methoxy groups -OCH3 is 6. The van der Waals surface area contributed by atoms with Crippen molar-refractivity contribution in [2.75, 3.05) is 156 Å². The molecular formula is C74H77N19O6. The highest BCUT2D eigenvalue weighted by Crippen LogP contribution is 2.38. The first-order chi connectivity index (χ1) is 48.7. The van der Waals surface area contributed by atoms with Gasteiger partial charge in [0.2, 0.25) is 17.8 Å². The van der Waals surface area contributed by atoms with Crippen molar-refractivity contribution < 1.29 is 28.4 Å². The van der Waals surface area contributed by atoms with Gasteiger partial charge in [-0.25, -0.2) is 59.8 Å². The quantitative estimate of drug-likeness (QED) is 0.0840. The van der Waals surface area contributed by atoms with E-state index in [4.69, 9.17) is 33.4 Å². The standard InChI is InChI=1S/2C25H26N6O2.C24H25N7O2/c1-32-22-13-20-21(14-23(22)33-2)28-17-29-24(20)30-8-10-31(11-9-30)25-26-15-19(16-27-25)12-18-6-4-3-5-7-18;1-32-22-15-20-21(16-23(22)33-2)27-17-28-24(20)30-10-12-31(13-11-30)25-26-9-8-19(29-25)14-18-6-4-3-5-7-18;1-32-21-12-19-20(13-22(21)33-2)27-16-28-23(19)30-8-10-31(11-9-30)24-25-14-18(15-26-24)29-17-6-4-3-5-7-17/h3-7,13-17H,8-12H2,1-2H3;3-9,15-17H,10-14H2,1-2H3;3-7,12-16,29H,8-11H2,1-2H3. The number of rotatable bonds is 18. The molecule has 25 nitrogen and oxygen atoms in total. The van der Waals surface area contributed by atoms with E-state index in [0.717, 1.165) is 182 Å². The Bertz CT molecular complexity index is 4430. The van der Waals surface area contributed by atoms with E-state index in [9.17, 15) is 0 Å². The second kappa shape index (κ2) is 31.2. The Balaban J connectivity index is 0.000000133. The number of nitrogens with one attached hydrogen (secondary N) is 1. The van der Waals surface area contributed by atoms with Crippen LogP contribution in [-0.2, 0) is 12.8 Å². The number of fused-ring (bicyclic) bond motifs is 3. The summed E-state index contributed by atoms with van der Waals surface area (Å²) in [4.78, 5) is 68.2. The summed E-state index contributed by atoms with van der Waals surface area (Å²) in [7, 11) is 9.78. The van der Waals surface area contributed by atoms with E-state index in [1.54, 1.807) is 61.6 Å². The molecule has 0 unspecified atom stereocenters. The average molecular weight is 1330 g/mol. The van der Waals surface area contributed by atoms with Crippen LogP contribution in [0.4, 0.5) is 46.7 Å². The van der Waals surface area contributed by atoms with Crippen LogP contribution in [0.15, 0.2) is 183 Å². The van der Waals surface area contributed by atoms with E-state index >= 15 is 0 Å². The molecule has 0 aliphatic carbocycles. The van der Waals surface area contributed by atoms with Crippen molar-refractivity contribution in [2.24, 2.45) is 0 Å². The Labute approximate surface area is 574 Å². The van der Waals surface area contributed by atoms with E-state index in [2.05, 4.69) is 138 Å². The lowest BCUT2D eigenvalue weighted by Gasteiger charge is -2.35. The summed E-state index contributed by atoms with van der Waals surface area (Å²) in [6, 6.07) is 44.2. The molecule has 3 fully saturated rings. The lowest BCUT2D eigenvalue weighted by molar-refractivity contribution is 0.356. The van der Waals surface area contributed by atoms with Crippen molar-refractivity contribution >= 4 is 79.4 Å². The van der Waals surface area contributed by atoms with E-state index in [1.807, 2.05) is 116 Å². The largest absolute Gasteiger partial charge is 0.493 e. The maximum atomic E-state index is 5.49. The highest BCUT2D eigenvalue weighted by atomic mass is 16.5. The molecule has 0 atom stereocenters. The number of hydrogen-bond donors (Lipinski definition) is 1. The van der Waals surface area contributed by atoms with Crippen LogP contribution < -0.4 is 63.1 Å². The minimum atomic E-state index is 0.654. The van der Waals surface area contributed by atoms with Gasteiger partial charge in [-0.2, -0.15) is 0 Å². The Morgan fingerprint density at radius 3 is 1.05 bits per heavy atom. The van der Waals surface area contributed by atoms with Crippen molar-refractivity contribution in [1.29, 1.82) is 0 Å². The predicted octanol–water partition coefficient (Wildman–Crippen LogP) is 10.2. The minimum Gasteiger partial charge on any atom is -0.493 e. The van der Waals surface area contributed by atoms with Gasteiger partial charge in [0.25, 0.3) is 0 Å². The van der Waals surface area contributed by atoms with Gasteiger partial charge in [0, 0.05) is 150 Å². The zero-order valence-corrected chi connectivity index (χ0v) is 56.2. The molecule has 3 aliphatic rings. The second-order valence-electron chi connectivity index (χ2n) is 23.5. The summed E-state index contributed by atoms with van der Waals surface area (Å²) in [5.41, 5.74) is 8.99. The fraction of sp³-hybridized carbons (Fsp3) is 0.270. The number of piperazine rings is 3. The van der Waals surface area contributed by atoms with E-state index in [0.29, 0.717) is 34.5 Å². The summed E-state index contributed by atoms with van der Waals surface area (Å²) in [5, 5.41) is 6.15. The van der Waals surface area contributed by atoms with Crippen molar-refractivity contribution in [3.8, 4) is 34.5 Å². The SMILES string of the molecule is COc1cc2ncnc(N3CCN(c4ncc(Cc5ccccc5)cn4)CC3)c2cc1OC.COc1cc2ncnc(N3CCN(c4ncc(Nc5ccccc5)cn4)CC3)c2cc1OC.COc1cc2ncnc(N3CCN(c4nccc(Cc5ccccc5)n4)CC3)c2cc1OC. The third kappa shape index (κ3) is 15.5. The molecule has 0 radical (unpaired) electrons. The highest BCUT2D eigenvalue weighted by molar-refractivity contribution is 5.94. The van der Waals surface area contributed by atoms with Crippen molar-refractivity contribution in [1.82, 2.24) is 59.8 Å². The molecule has 9 heterocycles. The molecule has 0 bridgehead atoms. The van der Waals surface area contributed by atoms with Crippen LogP contribution in [0.3, 0.4) is 0 Å². The molecule has 25 heteroatoms. The fourth-order valence-corrected chi connectivity index (χ4v) is 12.3. The van der Waals surface area contributed by atoms with Gasteiger partial charge in [0.15, 0.2) is 34.5 Å². The van der Waals surface area contributed by atoms with E-state index in [1.165, 1.54) is 11.1 Å². The maximum Gasteiger partial charge on any atom is 0.225 e. The van der Waals surface area contributed by atoms with Crippen LogP contribution in [0.5, 0.6) is 34.5 Å². The Morgan fingerprint density at radius 2 is 0.657 bits per heavy atom. The zero-order chi connectivity index (χ0) is 67.9. The normalized spacial score (nSPS) is 13.8. The third-order valence-electron chi connectivity index (χ3n) is 17.5. The predicted molar refractivity (Wildman–Crippen MR) is 386 cm³/mol. The Hall–Kier alpha value is -12.0. The van der Waals surface area contributed by atoms with Gasteiger partial charge in [0.05, 0.1) is 83.0 Å². The maximum absolute atomic E-state index is 5.49. The molecule has 12 aromatic rings. The van der Waals surface area contributed by atoms with Crippen LogP contribution >= 0.6 is 0 Å². The monoisotopic (exact) mass is 1330 g/mol. The molecule has 6 aromatic heterocycles. The molecule has 3 aliphatic heterocycles. The lowest BCUT2D eigenvalue weighted by Crippen LogP contribution is -2.47. The fourth-order valence-electron chi connectivity index (χ4n) is 12.3. The summed E-state index contributed by atoms with van der Waals surface area (Å²) in [6.45, 7) is 9.70. The number of nitrogens with zero attached hydrogens (tertiary/aromatic N) is 18. The van der Waals surface area contributed by atoms with Gasteiger partial charge in [-0.1, -0.05) is 78.9 Å². The molecule has 15 rings (SSSR count). The molecular weight excluding hydrogens is 1250 g/mol. The van der Waals surface area contributed by atoms with Gasteiger partial charge in [-0.05, 0) is 53.1 Å². The van der Waals surface area contributed by atoms with Gasteiger partial charge < -0.3 is 63.1 Å². The zero-order valence-electron chi connectivity index (χ0n) is 56.2. The minimum absolute atomic E-state index is 0.654. The van der Waals surface area contributed by atoms with Crippen LogP contribution in [0.1, 0.15) is 22.4 Å². The Kier molecular flexibility index (Phi) is 20.7.